The molecule has 1 rings (SSSR count). The fourth-order valence-electron chi connectivity index (χ4n) is 1.25. The molecule has 0 unspecified atom stereocenters. The Hall–Kier alpha value is -1.40. The smallest absolute Gasteiger partial charge is 0.235 e. The van der Waals surface area contributed by atoms with Crippen LogP contribution in [0.2, 0.25) is 0 Å². The molecule has 6 nitrogen and oxygen atoms in total. The maximum atomic E-state index is 9.38. The SMILES string of the molecule is CN(C)C(On1c(O)ccc1O)N(C)C. The molecule has 6 heteroatoms. The molecular formula is C9H17N3O3. The summed E-state index contributed by atoms with van der Waals surface area (Å²) in [4.78, 5) is 9.02. The Bertz CT molecular complexity index is 295. The molecule has 0 saturated heterocycles. The Kier molecular flexibility index (Phi) is 3.43. The van der Waals surface area contributed by atoms with Gasteiger partial charge in [-0.3, -0.25) is 9.80 Å². The number of nitrogens with zero attached hydrogens (tertiary/aromatic N) is 3. The summed E-state index contributed by atoms with van der Waals surface area (Å²) in [7, 11) is 7.34. The summed E-state index contributed by atoms with van der Waals surface area (Å²) < 4.78 is 0.977. The minimum Gasteiger partial charge on any atom is -0.492 e. The summed E-state index contributed by atoms with van der Waals surface area (Å²) in [5.41, 5.74) is 0. The Balaban J connectivity index is 2.83. The van der Waals surface area contributed by atoms with E-state index in [2.05, 4.69) is 0 Å². The zero-order chi connectivity index (χ0) is 11.6. The molecule has 0 spiro atoms. The summed E-state index contributed by atoms with van der Waals surface area (Å²) in [6.07, 6.45) is -0.380. The lowest BCUT2D eigenvalue weighted by atomic mass is 10.6. The molecule has 0 fully saturated rings. The van der Waals surface area contributed by atoms with Crippen molar-refractivity contribution in [3.05, 3.63) is 12.1 Å². The van der Waals surface area contributed by atoms with Crippen LogP contribution in [0, 0.1) is 0 Å². The molecule has 0 aromatic carbocycles. The zero-order valence-corrected chi connectivity index (χ0v) is 9.38. The van der Waals surface area contributed by atoms with Crippen molar-refractivity contribution >= 4 is 0 Å². The molecular weight excluding hydrogens is 198 g/mol. The number of rotatable bonds is 4. The third kappa shape index (κ3) is 2.54. The second-order valence-electron chi connectivity index (χ2n) is 3.70. The van der Waals surface area contributed by atoms with Crippen molar-refractivity contribution in [1.82, 2.24) is 14.5 Å². The van der Waals surface area contributed by atoms with E-state index in [9.17, 15) is 10.2 Å². The van der Waals surface area contributed by atoms with E-state index in [1.807, 2.05) is 28.2 Å². The van der Waals surface area contributed by atoms with Gasteiger partial charge in [-0.05, 0) is 28.2 Å². The van der Waals surface area contributed by atoms with Gasteiger partial charge >= 0.3 is 0 Å². The molecule has 0 radical (unpaired) electrons. The average molecular weight is 215 g/mol. The molecule has 1 heterocycles. The summed E-state index contributed by atoms with van der Waals surface area (Å²) in [6.45, 7) is 0. The highest BCUT2D eigenvalue weighted by Gasteiger charge is 2.18. The van der Waals surface area contributed by atoms with Crippen molar-refractivity contribution in [2.45, 2.75) is 6.35 Å². The fraction of sp³-hybridized carbons (Fsp3) is 0.556. The standard InChI is InChI=1S/C9H17N3O3/c1-10(2)9(11(3)4)15-12-7(13)5-6-8(12)14/h5-6,9,13-14H,1-4H3. The van der Waals surface area contributed by atoms with Crippen LogP contribution in [0.4, 0.5) is 0 Å². The molecule has 0 aliphatic rings. The first-order valence-electron chi connectivity index (χ1n) is 4.53. The van der Waals surface area contributed by atoms with Gasteiger partial charge in [-0.15, -0.1) is 4.73 Å². The van der Waals surface area contributed by atoms with E-state index >= 15 is 0 Å². The predicted molar refractivity (Wildman–Crippen MR) is 55.5 cm³/mol. The molecule has 0 amide bonds. The maximum Gasteiger partial charge on any atom is 0.235 e. The van der Waals surface area contributed by atoms with Gasteiger partial charge in [-0.25, -0.2) is 0 Å². The Morgan fingerprint density at radius 3 is 1.80 bits per heavy atom. The Labute approximate surface area is 88.9 Å². The maximum absolute atomic E-state index is 9.38. The summed E-state index contributed by atoms with van der Waals surface area (Å²) in [5.74, 6) is -0.276. The van der Waals surface area contributed by atoms with Crippen LogP contribution in [-0.2, 0) is 0 Å². The first-order valence-corrected chi connectivity index (χ1v) is 4.53. The number of hydrogen-bond donors (Lipinski definition) is 2. The molecule has 0 saturated carbocycles. The highest BCUT2D eigenvalue weighted by molar-refractivity contribution is 5.21. The molecule has 15 heavy (non-hydrogen) atoms. The van der Waals surface area contributed by atoms with Gasteiger partial charge in [0.05, 0.1) is 0 Å². The van der Waals surface area contributed by atoms with Crippen LogP contribution in [0.5, 0.6) is 11.8 Å². The highest BCUT2D eigenvalue weighted by atomic mass is 16.7. The van der Waals surface area contributed by atoms with Crippen LogP contribution < -0.4 is 4.84 Å². The number of aromatic nitrogens is 1. The average Bonchev–Trinajstić information content (AvgIpc) is 2.42. The van der Waals surface area contributed by atoms with Gasteiger partial charge in [0.15, 0.2) is 0 Å². The predicted octanol–water partition coefficient (Wildman–Crippen LogP) is -0.265. The van der Waals surface area contributed by atoms with Gasteiger partial charge in [0.25, 0.3) is 0 Å². The third-order valence-electron chi connectivity index (χ3n) is 1.88. The second kappa shape index (κ2) is 4.41. The Morgan fingerprint density at radius 2 is 1.47 bits per heavy atom. The minimum atomic E-state index is -0.380. The van der Waals surface area contributed by atoms with Crippen LogP contribution in [0.15, 0.2) is 12.1 Å². The lowest BCUT2D eigenvalue weighted by Gasteiger charge is -2.30. The fourth-order valence-corrected chi connectivity index (χ4v) is 1.25. The first-order chi connectivity index (χ1) is 6.93. The van der Waals surface area contributed by atoms with E-state index in [1.54, 1.807) is 9.80 Å². The normalized spacial score (nSPS) is 11.7. The third-order valence-corrected chi connectivity index (χ3v) is 1.88. The first kappa shape index (κ1) is 11.7. The van der Waals surface area contributed by atoms with Crippen LogP contribution in [0.25, 0.3) is 0 Å². The molecule has 1 aromatic rings. The molecule has 0 aliphatic heterocycles. The van der Waals surface area contributed by atoms with Gasteiger partial charge in [0.1, 0.15) is 0 Å². The van der Waals surface area contributed by atoms with E-state index in [0.29, 0.717) is 0 Å². The largest absolute Gasteiger partial charge is 0.492 e. The number of hydrogen-bond acceptors (Lipinski definition) is 5. The number of aromatic hydroxyl groups is 2. The van der Waals surface area contributed by atoms with E-state index in [0.717, 1.165) is 4.73 Å². The van der Waals surface area contributed by atoms with Gasteiger partial charge in [-0.2, -0.15) is 0 Å². The van der Waals surface area contributed by atoms with E-state index in [1.165, 1.54) is 12.1 Å². The zero-order valence-electron chi connectivity index (χ0n) is 9.38. The van der Waals surface area contributed by atoms with Crippen molar-refractivity contribution in [3.8, 4) is 11.8 Å². The van der Waals surface area contributed by atoms with Crippen molar-refractivity contribution in [2.75, 3.05) is 28.2 Å². The van der Waals surface area contributed by atoms with Crippen LogP contribution in [-0.4, -0.2) is 59.3 Å². The highest BCUT2D eigenvalue weighted by Crippen LogP contribution is 2.19. The van der Waals surface area contributed by atoms with E-state index in [-0.39, 0.29) is 18.1 Å². The van der Waals surface area contributed by atoms with Gasteiger partial charge < -0.3 is 15.1 Å². The van der Waals surface area contributed by atoms with Gasteiger partial charge in [0.2, 0.25) is 18.1 Å². The summed E-state index contributed by atoms with van der Waals surface area (Å²) in [6, 6.07) is 2.72. The van der Waals surface area contributed by atoms with Crippen molar-refractivity contribution in [3.63, 3.8) is 0 Å². The topological polar surface area (TPSA) is 61.1 Å². The van der Waals surface area contributed by atoms with Crippen molar-refractivity contribution < 1.29 is 15.1 Å². The molecule has 0 bridgehead atoms. The van der Waals surface area contributed by atoms with Crippen LogP contribution in [0.3, 0.4) is 0 Å². The lowest BCUT2D eigenvalue weighted by Crippen LogP contribution is -2.47. The quantitative estimate of drug-likeness (QED) is 0.677. The Morgan fingerprint density at radius 1 is 1.07 bits per heavy atom. The summed E-state index contributed by atoms with van der Waals surface area (Å²) >= 11 is 0. The van der Waals surface area contributed by atoms with Crippen LogP contribution >= 0.6 is 0 Å². The molecule has 86 valence electrons. The molecule has 2 N–H and O–H groups in total. The minimum absolute atomic E-state index is 0.138. The monoisotopic (exact) mass is 215 g/mol. The van der Waals surface area contributed by atoms with Gasteiger partial charge in [0, 0.05) is 12.1 Å². The van der Waals surface area contributed by atoms with Crippen molar-refractivity contribution in [2.24, 2.45) is 0 Å². The molecule has 0 aliphatic carbocycles. The lowest BCUT2D eigenvalue weighted by molar-refractivity contribution is -0.129. The second-order valence-corrected chi connectivity index (χ2v) is 3.70. The summed E-state index contributed by atoms with van der Waals surface area (Å²) in [5, 5.41) is 18.8. The van der Waals surface area contributed by atoms with E-state index < -0.39 is 0 Å². The molecule has 0 atom stereocenters. The van der Waals surface area contributed by atoms with Crippen molar-refractivity contribution in [1.29, 1.82) is 0 Å². The van der Waals surface area contributed by atoms with Crippen LogP contribution in [0.1, 0.15) is 0 Å². The van der Waals surface area contributed by atoms with Gasteiger partial charge in [-0.1, -0.05) is 0 Å². The molecule has 1 aromatic heterocycles. The van der Waals surface area contributed by atoms with E-state index in [4.69, 9.17) is 4.84 Å².